The van der Waals surface area contributed by atoms with Crippen molar-refractivity contribution in [3.8, 4) is 0 Å². The standard InChI is InChI=1S/C18H23NO5/c1-4-12-18(16(21)23-5-2,17(22)24-6-3)19-15(20)13-14-10-8-7-9-11-14/h4,7-11H,1,5-6,12-13H2,2-3H3,(H,19,20). The second kappa shape index (κ2) is 9.50. The summed E-state index contributed by atoms with van der Waals surface area (Å²) in [6, 6.07) is 9.00. The smallest absolute Gasteiger partial charge is 0.344 e. The van der Waals surface area contributed by atoms with Gasteiger partial charge in [0, 0.05) is 6.42 Å². The molecular weight excluding hydrogens is 310 g/mol. The van der Waals surface area contributed by atoms with Crippen molar-refractivity contribution in [1.82, 2.24) is 5.32 Å². The second-order valence-electron chi connectivity index (χ2n) is 5.05. The highest BCUT2D eigenvalue weighted by Gasteiger charge is 2.49. The fraction of sp³-hybridized carbons (Fsp3) is 0.389. The molecule has 0 radical (unpaired) electrons. The SMILES string of the molecule is C=CCC(NC(=O)Cc1ccccc1)(C(=O)OCC)C(=O)OCC. The number of carbonyl (C=O) groups is 3. The predicted molar refractivity (Wildman–Crippen MR) is 89.1 cm³/mol. The Balaban J connectivity index is 3.05. The van der Waals surface area contributed by atoms with E-state index in [9.17, 15) is 14.4 Å². The number of hydrogen-bond acceptors (Lipinski definition) is 5. The van der Waals surface area contributed by atoms with Crippen molar-refractivity contribution < 1.29 is 23.9 Å². The predicted octanol–water partition coefficient (Wildman–Crippen LogP) is 1.79. The molecule has 0 aliphatic rings. The lowest BCUT2D eigenvalue weighted by Crippen LogP contribution is -2.61. The first-order valence-electron chi connectivity index (χ1n) is 7.80. The summed E-state index contributed by atoms with van der Waals surface area (Å²) in [4.78, 5) is 37.1. The van der Waals surface area contributed by atoms with Crippen molar-refractivity contribution >= 4 is 17.8 Å². The lowest BCUT2D eigenvalue weighted by molar-refractivity contribution is -0.167. The normalized spacial score (nSPS) is 10.6. The summed E-state index contributed by atoms with van der Waals surface area (Å²) in [5.41, 5.74) is -1.16. The van der Waals surface area contributed by atoms with Crippen molar-refractivity contribution in [3.05, 3.63) is 48.6 Å². The average Bonchev–Trinajstić information content (AvgIpc) is 2.55. The summed E-state index contributed by atoms with van der Waals surface area (Å²) in [5.74, 6) is -2.20. The largest absolute Gasteiger partial charge is 0.464 e. The first-order chi connectivity index (χ1) is 11.5. The number of rotatable bonds is 9. The molecule has 0 aromatic heterocycles. The van der Waals surface area contributed by atoms with Crippen LogP contribution < -0.4 is 5.32 Å². The average molecular weight is 333 g/mol. The van der Waals surface area contributed by atoms with Crippen molar-refractivity contribution in [2.45, 2.75) is 32.2 Å². The van der Waals surface area contributed by atoms with E-state index in [4.69, 9.17) is 9.47 Å². The zero-order chi connectivity index (χ0) is 18.0. The maximum Gasteiger partial charge on any atom is 0.344 e. The molecule has 1 aromatic rings. The van der Waals surface area contributed by atoms with Crippen LogP contribution in [0.25, 0.3) is 0 Å². The lowest BCUT2D eigenvalue weighted by Gasteiger charge is -2.29. The van der Waals surface area contributed by atoms with Crippen molar-refractivity contribution in [2.75, 3.05) is 13.2 Å². The van der Waals surface area contributed by atoms with Crippen LogP contribution >= 0.6 is 0 Å². The Bertz CT molecular complexity index is 564. The van der Waals surface area contributed by atoms with Gasteiger partial charge >= 0.3 is 11.9 Å². The molecule has 0 aliphatic heterocycles. The number of carbonyl (C=O) groups excluding carboxylic acids is 3. The molecule has 0 fully saturated rings. The molecule has 6 nitrogen and oxygen atoms in total. The molecule has 0 unspecified atom stereocenters. The molecule has 1 amide bonds. The maximum absolute atomic E-state index is 12.4. The van der Waals surface area contributed by atoms with E-state index in [0.29, 0.717) is 0 Å². The van der Waals surface area contributed by atoms with Gasteiger partial charge in [0.2, 0.25) is 11.4 Å². The summed E-state index contributed by atoms with van der Waals surface area (Å²) >= 11 is 0. The van der Waals surface area contributed by atoms with Gasteiger partial charge in [0.1, 0.15) is 0 Å². The van der Waals surface area contributed by atoms with Crippen molar-refractivity contribution in [1.29, 1.82) is 0 Å². The first-order valence-corrected chi connectivity index (χ1v) is 7.80. The van der Waals surface area contributed by atoms with Crippen LogP contribution in [0.2, 0.25) is 0 Å². The van der Waals surface area contributed by atoms with Gasteiger partial charge in [-0.1, -0.05) is 36.4 Å². The van der Waals surface area contributed by atoms with Crippen LogP contribution in [0.15, 0.2) is 43.0 Å². The van der Waals surface area contributed by atoms with Crippen LogP contribution in [0.4, 0.5) is 0 Å². The summed E-state index contributed by atoms with van der Waals surface area (Å²) in [5, 5.41) is 2.49. The van der Waals surface area contributed by atoms with E-state index in [-0.39, 0.29) is 26.1 Å². The third-order valence-corrected chi connectivity index (χ3v) is 3.26. The molecule has 0 spiro atoms. The summed E-state index contributed by atoms with van der Waals surface area (Å²) in [7, 11) is 0. The van der Waals surface area contributed by atoms with Gasteiger partial charge in [0.05, 0.1) is 19.6 Å². The monoisotopic (exact) mass is 333 g/mol. The molecule has 6 heteroatoms. The Labute approximate surface area is 141 Å². The highest BCUT2D eigenvalue weighted by molar-refractivity contribution is 6.08. The maximum atomic E-state index is 12.4. The van der Waals surface area contributed by atoms with E-state index < -0.39 is 23.4 Å². The van der Waals surface area contributed by atoms with Crippen LogP contribution in [0, 0.1) is 0 Å². The van der Waals surface area contributed by atoms with Gasteiger partial charge < -0.3 is 14.8 Å². The van der Waals surface area contributed by atoms with E-state index in [2.05, 4.69) is 11.9 Å². The van der Waals surface area contributed by atoms with Gasteiger partial charge in [-0.15, -0.1) is 6.58 Å². The topological polar surface area (TPSA) is 81.7 Å². The third-order valence-electron chi connectivity index (χ3n) is 3.26. The Morgan fingerprint density at radius 2 is 1.62 bits per heavy atom. The fourth-order valence-corrected chi connectivity index (χ4v) is 2.19. The molecule has 0 bridgehead atoms. The Morgan fingerprint density at radius 1 is 1.08 bits per heavy atom. The van der Waals surface area contributed by atoms with E-state index in [1.54, 1.807) is 38.1 Å². The molecule has 0 heterocycles. The van der Waals surface area contributed by atoms with E-state index >= 15 is 0 Å². The van der Waals surface area contributed by atoms with Crippen LogP contribution in [-0.4, -0.2) is 36.6 Å². The quantitative estimate of drug-likeness (QED) is 0.423. The van der Waals surface area contributed by atoms with Crippen LogP contribution in [0.5, 0.6) is 0 Å². The molecule has 1 N–H and O–H groups in total. The van der Waals surface area contributed by atoms with Crippen molar-refractivity contribution in [2.24, 2.45) is 0 Å². The minimum atomic E-state index is -1.92. The number of esters is 2. The van der Waals surface area contributed by atoms with Gasteiger partial charge in [-0.25, -0.2) is 9.59 Å². The van der Waals surface area contributed by atoms with E-state index in [0.717, 1.165) is 5.56 Å². The molecule has 0 aliphatic carbocycles. The first kappa shape index (κ1) is 19.4. The molecule has 0 atom stereocenters. The number of hydrogen-bond donors (Lipinski definition) is 1. The van der Waals surface area contributed by atoms with Gasteiger partial charge in [0.25, 0.3) is 0 Å². The molecular formula is C18H23NO5. The van der Waals surface area contributed by atoms with Gasteiger partial charge in [-0.2, -0.15) is 0 Å². The van der Waals surface area contributed by atoms with Crippen LogP contribution in [-0.2, 0) is 30.3 Å². The summed E-state index contributed by atoms with van der Waals surface area (Å²) in [6.07, 6.45) is 1.28. The van der Waals surface area contributed by atoms with E-state index in [1.807, 2.05) is 6.07 Å². The van der Waals surface area contributed by atoms with Gasteiger partial charge in [-0.3, -0.25) is 4.79 Å². The fourth-order valence-electron chi connectivity index (χ4n) is 2.19. The highest BCUT2D eigenvalue weighted by atomic mass is 16.6. The second-order valence-corrected chi connectivity index (χ2v) is 5.05. The zero-order valence-corrected chi connectivity index (χ0v) is 14.0. The number of ether oxygens (including phenoxy) is 2. The van der Waals surface area contributed by atoms with Crippen LogP contribution in [0.3, 0.4) is 0 Å². The lowest BCUT2D eigenvalue weighted by atomic mass is 9.94. The number of amides is 1. The van der Waals surface area contributed by atoms with E-state index in [1.165, 1.54) is 6.08 Å². The van der Waals surface area contributed by atoms with Crippen molar-refractivity contribution in [3.63, 3.8) is 0 Å². The van der Waals surface area contributed by atoms with Crippen LogP contribution in [0.1, 0.15) is 25.8 Å². The number of nitrogens with one attached hydrogen (secondary N) is 1. The third kappa shape index (κ3) is 4.94. The molecule has 0 saturated heterocycles. The molecule has 1 aromatic carbocycles. The minimum absolute atomic E-state index is 0.0263. The zero-order valence-electron chi connectivity index (χ0n) is 14.0. The highest BCUT2D eigenvalue weighted by Crippen LogP contribution is 2.17. The Morgan fingerprint density at radius 3 is 2.08 bits per heavy atom. The van der Waals surface area contributed by atoms with Gasteiger partial charge in [-0.05, 0) is 19.4 Å². The molecule has 1 rings (SSSR count). The summed E-state index contributed by atoms with van der Waals surface area (Å²) < 4.78 is 9.95. The molecule has 0 saturated carbocycles. The Kier molecular flexibility index (Phi) is 7.68. The Hall–Kier alpha value is -2.63. The minimum Gasteiger partial charge on any atom is -0.464 e. The summed E-state index contributed by atoms with van der Waals surface area (Å²) in [6.45, 7) is 6.94. The van der Waals surface area contributed by atoms with Gasteiger partial charge in [0.15, 0.2) is 0 Å². The molecule has 24 heavy (non-hydrogen) atoms. The molecule has 130 valence electrons. The number of benzene rings is 1.